The molecule has 30 heavy (non-hydrogen) atoms. The number of amides is 1. The fourth-order valence-corrected chi connectivity index (χ4v) is 3.25. The Kier molecular flexibility index (Phi) is 5.57. The molecule has 0 aliphatic carbocycles. The van der Waals surface area contributed by atoms with Crippen molar-refractivity contribution in [2.24, 2.45) is 5.92 Å². The zero-order valence-corrected chi connectivity index (χ0v) is 16.0. The van der Waals surface area contributed by atoms with Crippen molar-refractivity contribution in [1.82, 2.24) is 0 Å². The quantitative estimate of drug-likeness (QED) is 0.502. The molecule has 1 fully saturated rings. The average molecular weight is 401 g/mol. The van der Waals surface area contributed by atoms with Crippen LogP contribution in [0.25, 0.3) is 0 Å². The van der Waals surface area contributed by atoms with Crippen LogP contribution in [0.5, 0.6) is 11.5 Å². The lowest BCUT2D eigenvalue weighted by Crippen LogP contribution is -2.33. The molecular weight excluding hydrogens is 382 g/mol. The summed E-state index contributed by atoms with van der Waals surface area (Å²) in [6, 6.07) is 25.2. The van der Waals surface area contributed by atoms with Crippen LogP contribution >= 0.6 is 0 Å². The van der Waals surface area contributed by atoms with Gasteiger partial charge in [0, 0.05) is 18.2 Å². The Bertz CT molecular complexity index is 1070. The minimum atomic E-state index is -1.47. The van der Waals surface area contributed by atoms with Crippen LogP contribution in [-0.4, -0.2) is 23.8 Å². The molecule has 1 aliphatic rings. The van der Waals surface area contributed by atoms with E-state index in [1.807, 2.05) is 60.7 Å². The van der Waals surface area contributed by atoms with E-state index in [0.29, 0.717) is 17.2 Å². The van der Waals surface area contributed by atoms with E-state index in [1.165, 1.54) is 0 Å². The number of rotatable bonds is 6. The van der Waals surface area contributed by atoms with Crippen molar-refractivity contribution in [3.05, 3.63) is 90.5 Å². The van der Waals surface area contributed by atoms with Crippen molar-refractivity contribution in [2.45, 2.75) is 12.5 Å². The molecular formula is C24H19NO5. The third kappa shape index (κ3) is 4.38. The average Bonchev–Trinajstić information content (AvgIpc) is 3.03. The Balaban J connectivity index is 1.43. The molecule has 1 aliphatic heterocycles. The highest BCUT2D eigenvalue weighted by molar-refractivity contribution is 6.24. The predicted octanol–water partition coefficient (Wildman–Crippen LogP) is 3.77. The lowest BCUT2D eigenvalue weighted by Gasteiger charge is -2.10. The summed E-state index contributed by atoms with van der Waals surface area (Å²) in [6.45, 7) is 0. The summed E-state index contributed by atoms with van der Waals surface area (Å²) in [6.07, 6.45) is -0.710. The number of esters is 1. The Morgan fingerprint density at radius 3 is 2.27 bits per heavy atom. The highest BCUT2D eigenvalue weighted by Gasteiger charge is 2.47. The van der Waals surface area contributed by atoms with Crippen LogP contribution in [0.2, 0.25) is 0 Å². The standard InChI is InChI=1S/C24H19NO5/c26-22-20(14-16-8-3-1-4-9-16)30-24(28)21(22)23(27)25-17-10-7-13-19(15-17)29-18-11-5-2-6-12-18/h1-13,15,20-21H,14H2,(H,25,27). The molecule has 2 atom stereocenters. The number of carbonyl (C=O) groups is 3. The molecule has 2 unspecified atom stereocenters. The number of hydrogen-bond acceptors (Lipinski definition) is 5. The first-order chi connectivity index (χ1) is 14.6. The molecule has 0 bridgehead atoms. The largest absolute Gasteiger partial charge is 0.457 e. The zero-order chi connectivity index (χ0) is 20.9. The molecule has 0 radical (unpaired) electrons. The molecule has 3 aromatic rings. The molecule has 1 amide bonds. The molecule has 6 heteroatoms. The molecule has 1 saturated heterocycles. The lowest BCUT2D eigenvalue weighted by atomic mass is 9.98. The summed E-state index contributed by atoms with van der Waals surface area (Å²) in [5.74, 6) is -2.37. The number of ketones is 1. The van der Waals surface area contributed by atoms with E-state index < -0.39 is 29.7 Å². The number of ether oxygens (including phenoxy) is 2. The van der Waals surface area contributed by atoms with Crippen LogP contribution in [0.1, 0.15) is 5.56 Å². The van der Waals surface area contributed by atoms with E-state index in [0.717, 1.165) is 5.56 Å². The molecule has 150 valence electrons. The SMILES string of the molecule is O=C(Nc1cccc(Oc2ccccc2)c1)C1C(=O)OC(Cc2ccccc2)C1=O. The van der Waals surface area contributed by atoms with Gasteiger partial charge in [-0.15, -0.1) is 0 Å². The fourth-order valence-electron chi connectivity index (χ4n) is 3.25. The third-order valence-electron chi connectivity index (χ3n) is 4.70. The Labute approximate surface area is 173 Å². The molecule has 3 aromatic carbocycles. The van der Waals surface area contributed by atoms with Gasteiger partial charge in [0.25, 0.3) is 0 Å². The first-order valence-corrected chi connectivity index (χ1v) is 9.52. The first kappa shape index (κ1) is 19.4. The second kappa shape index (κ2) is 8.61. The summed E-state index contributed by atoms with van der Waals surface area (Å²) < 4.78 is 10.9. The van der Waals surface area contributed by atoms with E-state index in [2.05, 4.69) is 5.32 Å². The number of hydrogen-bond donors (Lipinski definition) is 1. The smallest absolute Gasteiger partial charge is 0.327 e. The topological polar surface area (TPSA) is 81.7 Å². The van der Waals surface area contributed by atoms with E-state index in [1.54, 1.807) is 24.3 Å². The van der Waals surface area contributed by atoms with Crippen LogP contribution in [0.3, 0.4) is 0 Å². The number of anilines is 1. The third-order valence-corrected chi connectivity index (χ3v) is 4.70. The van der Waals surface area contributed by atoms with E-state index in [9.17, 15) is 14.4 Å². The zero-order valence-electron chi connectivity index (χ0n) is 16.0. The van der Waals surface area contributed by atoms with Gasteiger partial charge in [0.05, 0.1) is 0 Å². The van der Waals surface area contributed by atoms with Gasteiger partial charge in [-0.3, -0.25) is 14.4 Å². The van der Waals surface area contributed by atoms with Gasteiger partial charge < -0.3 is 14.8 Å². The molecule has 1 N–H and O–H groups in total. The maximum atomic E-state index is 12.6. The predicted molar refractivity (Wildman–Crippen MR) is 110 cm³/mol. The van der Waals surface area contributed by atoms with Crippen molar-refractivity contribution in [1.29, 1.82) is 0 Å². The number of cyclic esters (lactones) is 1. The van der Waals surface area contributed by atoms with Gasteiger partial charge in [0.15, 0.2) is 17.8 Å². The normalized spacial score (nSPS) is 18.0. The monoisotopic (exact) mass is 401 g/mol. The van der Waals surface area contributed by atoms with E-state index in [-0.39, 0.29) is 6.42 Å². The molecule has 0 saturated carbocycles. The first-order valence-electron chi connectivity index (χ1n) is 9.52. The van der Waals surface area contributed by atoms with Crippen molar-refractivity contribution in [3.63, 3.8) is 0 Å². The highest BCUT2D eigenvalue weighted by Crippen LogP contribution is 2.26. The minimum absolute atomic E-state index is 0.246. The van der Waals surface area contributed by atoms with Crippen LogP contribution in [-0.2, 0) is 25.5 Å². The number of para-hydroxylation sites is 1. The van der Waals surface area contributed by atoms with Crippen molar-refractivity contribution >= 4 is 23.3 Å². The summed E-state index contributed by atoms with van der Waals surface area (Å²) >= 11 is 0. The Hall–Kier alpha value is -3.93. The van der Waals surface area contributed by atoms with Crippen molar-refractivity contribution < 1.29 is 23.9 Å². The summed E-state index contributed by atoms with van der Waals surface area (Å²) in [5, 5.41) is 2.61. The minimum Gasteiger partial charge on any atom is -0.457 e. The van der Waals surface area contributed by atoms with Crippen LogP contribution in [0.4, 0.5) is 5.69 Å². The van der Waals surface area contributed by atoms with Gasteiger partial charge in [0.2, 0.25) is 5.91 Å². The number of carbonyl (C=O) groups excluding carboxylic acids is 3. The highest BCUT2D eigenvalue weighted by atomic mass is 16.6. The molecule has 4 rings (SSSR count). The summed E-state index contributed by atoms with van der Waals surface area (Å²) in [4.78, 5) is 37.5. The van der Waals surface area contributed by atoms with E-state index in [4.69, 9.17) is 9.47 Å². The summed E-state index contributed by atoms with van der Waals surface area (Å²) in [5.41, 5.74) is 1.27. The maximum Gasteiger partial charge on any atom is 0.327 e. The van der Waals surface area contributed by atoms with Crippen LogP contribution in [0, 0.1) is 5.92 Å². The second-order valence-electron chi connectivity index (χ2n) is 6.88. The number of Topliss-reactive ketones (excluding diaryl/α,β-unsaturated/α-hetero) is 1. The van der Waals surface area contributed by atoms with Crippen molar-refractivity contribution in [3.8, 4) is 11.5 Å². The molecule has 0 spiro atoms. The van der Waals surface area contributed by atoms with Gasteiger partial charge in [-0.05, 0) is 29.8 Å². The lowest BCUT2D eigenvalue weighted by molar-refractivity contribution is -0.146. The van der Waals surface area contributed by atoms with Gasteiger partial charge in [0.1, 0.15) is 11.5 Å². The van der Waals surface area contributed by atoms with Gasteiger partial charge >= 0.3 is 5.97 Å². The van der Waals surface area contributed by atoms with Gasteiger partial charge in [-0.25, -0.2) is 0 Å². The molecule has 6 nitrogen and oxygen atoms in total. The number of nitrogens with one attached hydrogen (secondary N) is 1. The molecule has 1 heterocycles. The van der Waals surface area contributed by atoms with Crippen LogP contribution in [0.15, 0.2) is 84.9 Å². The molecule has 0 aromatic heterocycles. The number of benzene rings is 3. The fraction of sp³-hybridized carbons (Fsp3) is 0.125. The Morgan fingerprint density at radius 2 is 1.53 bits per heavy atom. The second-order valence-corrected chi connectivity index (χ2v) is 6.88. The van der Waals surface area contributed by atoms with Crippen LogP contribution < -0.4 is 10.1 Å². The maximum absolute atomic E-state index is 12.6. The summed E-state index contributed by atoms with van der Waals surface area (Å²) in [7, 11) is 0. The van der Waals surface area contributed by atoms with Gasteiger partial charge in [-0.2, -0.15) is 0 Å². The van der Waals surface area contributed by atoms with Gasteiger partial charge in [-0.1, -0.05) is 54.6 Å². The van der Waals surface area contributed by atoms with Crippen molar-refractivity contribution in [2.75, 3.05) is 5.32 Å². The Morgan fingerprint density at radius 1 is 0.867 bits per heavy atom. The van der Waals surface area contributed by atoms with E-state index >= 15 is 0 Å².